The Morgan fingerprint density at radius 2 is 1.66 bits per heavy atom. The molecule has 0 spiro atoms. The first-order valence-corrected chi connectivity index (χ1v) is 11.7. The van der Waals surface area contributed by atoms with Crippen LogP contribution in [0.3, 0.4) is 0 Å². The summed E-state index contributed by atoms with van der Waals surface area (Å²) in [6.45, 7) is 0. The molecule has 1 aromatic heterocycles. The van der Waals surface area contributed by atoms with Gasteiger partial charge in [0.25, 0.3) is 5.56 Å². The van der Waals surface area contributed by atoms with Gasteiger partial charge in [-0.3, -0.25) is 19.0 Å². The molecule has 182 valence electrons. The Kier molecular flexibility index (Phi) is 7.41. The number of aliphatic carboxylic acids is 1. The first-order chi connectivity index (χ1) is 16.8. The topological polar surface area (TPSA) is 114 Å². The zero-order valence-corrected chi connectivity index (χ0v) is 19.2. The summed E-state index contributed by atoms with van der Waals surface area (Å²) in [5, 5.41) is 12.9. The van der Waals surface area contributed by atoms with Crippen molar-refractivity contribution in [3.8, 4) is 0 Å². The number of pyridine rings is 1. The van der Waals surface area contributed by atoms with Crippen LogP contribution in [-0.2, 0) is 11.2 Å². The molecule has 4 N–H and O–H groups in total. The number of rotatable bonds is 8. The van der Waals surface area contributed by atoms with Gasteiger partial charge in [-0.25, -0.2) is 4.39 Å². The quantitative estimate of drug-likeness (QED) is 0.428. The molecule has 7 nitrogen and oxygen atoms in total. The molecule has 1 atom stereocenters. The lowest BCUT2D eigenvalue weighted by atomic mass is 9.89. The molecule has 35 heavy (non-hydrogen) atoms. The van der Waals surface area contributed by atoms with Gasteiger partial charge >= 0.3 is 5.97 Å². The maximum atomic E-state index is 13.2. The minimum Gasteiger partial charge on any atom is -0.480 e. The van der Waals surface area contributed by atoms with Gasteiger partial charge in [-0.1, -0.05) is 30.3 Å². The summed E-state index contributed by atoms with van der Waals surface area (Å²) >= 11 is 0. The smallest absolute Gasteiger partial charge is 0.321 e. The number of hydrogen-bond acceptors (Lipinski definition) is 5. The van der Waals surface area contributed by atoms with E-state index in [-0.39, 0.29) is 40.4 Å². The number of carboxylic acid groups (broad SMARTS) is 1. The number of halogens is 1. The highest BCUT2D eigenvalue weighted by Crippen LogP contribution is 2.31. The zero-order chi connectivity index (χ0) is 24.9. The zero-order valence-electron chi connectivity index (χ0n) is 19.2. The van der Waals surface area contributed by atoms with Gasteiger partial charge in [0.2, 0.25) is 0 Å². The average Bonchev–Trinajstić information content (AvgIpc) is 2.85. The Morgan fingerprint density at radius 1 is 1.00 bits per heavy atom. The number of aromatic nitrogens is 1. The molecule has 0 amide bonds. The second-order valence-electron chi connectivity index (χ2n) is 8.93. The predicted octanol–water partition coefficient (Wildman–Crippen LogP) is 3.57. The molecule has 3 aromatic rings. The van der Waals surface area contributed by atoms with E-state index in [0.29, 0.717) is 32.1 Å². The lowest BCUT2D eigenvalue weighted by Gasteiger charge is -2.33. The van der Waals surface area contributed by atoms with Crippen molar-refractivity contribution in [2.45, 2.75) is 50.2 Å². The van der Waals surface area contributed by atoms with E-state index in [1.54, 1.807) is 0 Å². The third-order valence-corrected chi connectivity index (χ3v) is 6.60. The predicted molar refractivity (Wildman–Crippen MR) is 131 cm³/mol. The van der Waals surface area contributed by atoms with E-state index in [2.05, 4.69) is 5.32 Å². The van der Waals surface area contributed by atoms with Crippen LogP contribution in [-0.4, -0.2) is 33.5 Å². The molecule has 0 radical (unpaired) electrons. The molecule has 1 heterocycles. The molecule has 0 aliphatic heterocycles. The monoisotopic (exact) mass is 477 g/mol. The van der Waals surface area contributed by atoms with E-state index in [1.807, 2.05) is 30.3 Å². The fourth-order valence-electron chi connectivity index (χ4n) is 4.75. The highest BCUT2D eigenvalue weighted by Gasteiger charge is 2.29. The van der Waals surface area contributed by atoms with Crippen molar-refractivity contribution in [1.82, 2.24) is 9.88 Å². The molecule has 1 fully saturated rings. The van der Waals surface area contributed by atoms with Crippen LogP contribution in [0.2, 0.25) is 0 Å². The van der Waals surface area contributed by atoms with Crippen LogP contribution in [0.4, 0.5) is 10.2 Å². The summed E-state index contributed by atoms with van der Waals surface area (Å²) < 4.78 is 14.7. The van der Waals surface area contributed by atoms with Crippen LogP contribution < -0.4 is 16.6 Å². The number of nitrogen functional groups attached to an aromatic ring is 1. The molecule has 0 saturated heterocycles. The SMILES string of the molecule is Nc1c(C(=O)c2ccc(F)cc2)ccc(=O)n1C1CCC(N[C@@H](Cc2ccccc2)C(=O)O)CC1. The Morgan fingerprint density at radius 3 is 2.29 bits per heavy atom. The Bertz CT molecular complexity index is 1250. The number of anilines is 1. The molecule has 1 saturated carbocycles. The molecule has 1 aliphatic carbocycles. The number of nitrogens with one attached hydrogen (secondary N) is 1. The van der Waals surface area contributed by atoms with E-state index in [1.165, 1.54) is 41.0 Å². The standard InChI is InChI=1S/C27H28FN3O4/c28-19-8-6-18(7-9-19)25(33)22-14-15-24(32)31(26(22)29)21-12-10-20(11-13-21)30-23(27(34)35)16-17-4-2-1-3-5-17/h1-9,14-15,20-21,23,30H,10-13,16,29H2,(H,34,35)/t20?,21?,23-/m0/s1. The summed E-state index contributed by atoms with van der Waals surface area (Å²) in [5.74, 6) is -1.63. The van der Waals surface area contributed by atoms with E-state index >= 15 is 0 Å². The summed E-state index contributed by atoms with van der Waals surface area (Å²) in [5.41, 5.74) is 7.44. The molecule has 4 rings (SSSR count). The maximum absolute atomic E-state index is 13.2. The van der Waals surface area contributed by atoms with Gasteiger partial charge in [0, 0.05) is 23.7 Å². The van der Waals surface area contributed by atoms with Gasteiger partial charge in [0.15, 0.2) is 5.78 Å². The van der Waals surface area contributed by atoms with Gasteiger partial charge in [-0.05, 0) is 68.0 Å². The number of benzene rings is 2. The Labute approximate surface area is 202 Å². The fourth-order valence-corrected chi connectivity index (χ4v) is 4.75. The molecule has 2 aromatic carbocycles. The lowest BCUT2D eigenvalue weighted by Crippen LogP contribution is -2.46. The highest BCUT2D eigenvalue weighted by atomic mass is 19.1. The number of ketones is 1. The van der Waals surface area contributed by atoms with E-state index in [0.717, 1.165) is 5.56 Å². The van der Waals surface area contributed by atoms with Crippen molar-refractivity contribution in [2.75, 3.05) is 5.73 Å². The van der Waals surface area contributed by atoms with Gasteiger partial charge in [-0.2, -0.15) is 0 Å². The van der Waals surface area contributed by atoms with Crippen LogP contribution in [0, 0.1) is 5.82 Å². The van der Waals surface area contributed by atoms with Crippen molar-refractivity contribution in [3.05, 3.63) is 99.6 Å². The number of carbonyl (C=O) groups excluding carboxylic acids is 1. The van der Waals surface area contributed by atoms with Crippen molar-refractivity contribution < 1.29 is 19.1 Å². The Hall–Kier alpha value is -3.78. The molecule has 0 bridgehead atoms. The van der Waals surface area contributed by atoms with Gasteiger partial charge in [0.1, 0.15) is 17.7 Å². The normalized spacial score (nSPS) is 18.7. The van der Waals surface area contributed by atoms with Crippen molar-refractivity contribution in [2.24, 2.45) is 0 Å². The van der Waals surface area contributed by atoms with Crippen molar-refractivity contribution >= 4 is 17.6 Å². The molecular formula is C27H28FN3O4. The first-order valence-electron chi connectivity index (χ1n) is 11.7. The van der Waals surface area contributed by atoms with E-state index in [4.69, 9.17) is 5.73 Å². The van der Waals surface area contributed by atoms with Crippen molar-refractivity contribution in [3.63, 3.8) is 0 Å². The summed E-state index contributed by atoms with van der Waals surface area (Å²) in [6, 6.07) is 16.5. The molecule has 0 unspecified atom stereocenters. The van der Waals surface area contributed by atoms with Crippen LogP contribution in [0.15, 0.2) is 71.5 Å². The highest BCUT2D eigenvalue weighted by molar-refractivity contribution is 6.11. The molecule has 1 aliphatic rings. The molecule has 8 heteroatoms. The second kappa shape index (κ2) is 10.7. The third kappa shape index (κ3) is 5.66. The van der Waals surface area contributed by atoms with Crippen molar-refractivity contribution in [1.29, 1.82) is 0 Å². The van der Waals surface area contributed by atoms with Crippen LogP contribution in [0.25, 0.3) is 0 Å². The minimum absolute atomic E-state index is 0.00276. The summed E-state index contributed by atoms with van der Waals surface area (Å²) in [7, 11) is 0. The maximum Gasteiger partial charge on any atom is 0.321 e. The number of nitrogens with two attached hydrogens (primary N) is 1. The van der Waals surface area contributed by atoms with Gasteiger partial charge in [0.05, 0.1) is 5.56 Å². The minimum atomic E-state index is -0.900. The van der Waals surface area contributed by atoms with Crippen LogP contribution in [0.1, 0.15) is 53.2 Å². The van der Waals surface area contributed by atoms with Crippen LogP contribution >= 0.6 is 0 Å². The number of carbonyl (C=O) groups is 2. The third-order valence-electron chi connectivity index (χ3n) is 6.60. The first kappa shape index (κ1) is 24.3. The summed E-state index contributed by atoms with van der Waals surface area (Å²) in [4.78, 5) is 37.4. The molecular weight excluding hydrogens is 449 g/mol. The van der Waals surface area contributed by atoms with Gasteiger partial charge < -0.3 is 16.2 Å². The lowest BCUT2D eigenvalue weighted by molar-refractivity contribution is -0.139. The summed E-state index contributed by atoms with van der Waals surface area (Å²) in [6.07, 6.45) is 2.97. The second-order valence-corrected chi connectivity index (χ2v) is 8.93. The Balaban J connectivity index is 1.45. The average molecular weight is 478 g/mol. The largest absolute Gasteiger partial charge is 0.480 e. The van der Waals surface area contributed by atoms with Crippen LogP contribution in [0.5, 0.6) is 0 Å². The number of nitrogens with zero attached hydrogens (tertiary/aromatic N) is 1. The number of hydrogen-bond donors (Lipinski definition) is 3. The fraction of sp³-hybridized carbons (Fsp3) is 0.296. The van der Waals surface area contributed by atoms with E-state index < -0.39 is 17.8 Å². The van der Waals surface area contributed by atoms with Gasteiger partial charge in [-0.15, -0.1) is 0 Å². The van der Waals surface area contributed by atoms with E-state index in [9.17, 15) is 23.9 Å². The number of carboxylic acids is 1.